The maximum Gasteiger partial charge on any atom is 0.253 e. The Morgan fingerprint density at radius 1 is 1.13 bits per heavy atom. The monoisotopic (exact) mass is 207 g/mol. The van der Waals surface area contributed by atoms with Crippen LogP contribution >= 0.6 is 0 Å². The van der Waals surface area contributed by atoms with Gasteiger partial charge in [0.25, 0.3) is 5.91 Å². The minimum Gasteiger partial charge on any atom is -0.345 e. The molecule has 2 heteroatoms. The van der Waals surface area contributed by atoms with Gasteiger partial charge in [-0.1, -0.05) is 33.4 Å². The predicted molar refractivity (Wildman–Crippen MR) is 65.3 cm³/mol. The van der Waals surface area contributed by atoms with Crippen LogP contribution in [0.15, 0.2) is 24.3 Å². The van der Waals surface area contributed by atoms with Crippen molar-refractivity contribution in [3.8, 4) is 0 Å². The predicted octanol–water partition coefficient (Wildman–Crippen LogP) is 3.15. The second-order valence-corrected chi connectivity index (χ2v) is 3.98. The van der Waals surface area contributed by atoms with E-state index in [1.54, 1.807) is 19.0 Å². The van der Waals surface area contributed by atoms with Gasteiger partial charge in [0, 0.05) is 19.7 Å². The lowest BCUT2D eigenvalue weighted by molar-refractivity contribution is 0.0827. The van der Waals surface area contributed by atoms with Gasteiger partial charge in [0.15, 0.2) is 0 Å². The number of nitrogens with zero attached hydrogens (tertiary/aromatic N) is 1. The summed E-state index contributed by atoms with van der Waals surface area (Å²) in [4.78, 5) is 13.1. The third kappa shape index (κ3) is 3.39. The fraction of sp³-hybridized carbons (Fsp3) is 0.462. The molecule has 0 saturated carbocycles. The lowest BCUT2D eigenvalue weighted by Crippen LogP contribution is -2.21. The molecule has 0 fully saturated rings. The van der Waals surface area contributed by atoms with E-state index < -0.39 is 0 Å². The zero-order valence-corrected chi connectivity index (χ0v) is 9.24. The first-order valence-corrected chi connectivity index (χ1v) is 4.84. The average molecular weight is 207 g/mol. The maximum absolute atomic E-state index is 11.6. The SMILES string of the molecule is C.CC(C)c1ccc(C(=O)N(C)C)cc1. The summed E-state index contributed by atoms with van der Waals surface area (Å²) in [6, 6.07) is 7.80. The van der Waals surface area contributed by atoms with Crippen LogP contribution < -0.4 is 0 Å². The number of hydrogen-bond donors (Lipinski definition) is 0. The Balaban J connectivity index is 0.00000196. The lowest BCUT2D eigenvalue weighted by atomic mass is 10.0. The molecule has 0 spiro atoms. The van der Waals surface area contributed by atoms with Gasteiger partial charge >= 0.3 is 0 Å². The van der Waals surface area contributed by atoms with Gasteiger partial charge in [-0.05, 0) is 23.6 Å². The normalized spacial score (nSPS) is 9.67. The van der Waals surface area contributed by atoms with Crippen molar-refractivity contribution in [2.45, 2.75) is 27.2 Å². The molecular weight excluding hydrogens is 186 g/mol. The Labute approximate surface area is 92.9 Å². The average Bonchev–Trinajstić information content (AvgIpc) is 2.16. The Morgan fingerprint density at radius 2 is 1.60 bits per heavy atom. The van der Waals surface area contributed by atoms with Crippen molar-refractivity contribution in [1.82, 2.24) is 4.90 Å². The van der Waals surface area contributed by atoms with Crippen molar-refractivity contribution >= 4 is 5.91 Å². The van der Waals surface area contributed by atoms with Gasteiger partial charge in [0.1, 0.15) is 0 Å². The van der Waals surface area contributed by atoms with E-state index in [9.17, 15) is 4.79 Å². The number of hydrogen-bond acceptors (Lipinski definition) is 1. The van der Waals surface area contributed by atoms with Gasteiger partial charge < -0.3 is 4.90 Å². The standard InChI is InChI=1S/C12H17NO.CH4/c1-9(2)10-5-7-11(8-6-10)12(14)13(3)4;/h5-9H,1-4H3;1H4. The second-order valence-electron chi connectivity index (χ2n) is 3.98. The van der Waals surface area contributed by atoms with Gasteiger partial charge in [0.05, 0.1) is 0 Å². The van der Waals surface area contributed by atoms with Crippen molar-refractivity contribution in [2.24, 2.45) is 0 Å². The summed E-state index contributed by atoms with van der Waals surface area (Å²) in [6.45, 7) is 4.28. The number of carbonyl (C=O) groups is 1. The molecule has 0 aromatic heterocycles. The fourth-order valence-corrected chi connectivity index (χ4v) is 1.27. The summed E-state index contributed by atoms with van der Waals surface area (Å²) >= 11 is 0. The van der Waals surface area contributed by atoms with Crippen LogP contribution in [0.4, 0.5) is 0 Å². The van der Waals surface area contributed by atoms with Gasteiger partial charge in [-0.25, -0.2) is 0 Å². The molecule has 15 heavy (non-hydrogen) atoms. The molecule has 0 heterocycles. The Bertz CT molecular complexity index is 312. The van der Waals surface area contributed by atoms with Crippen LogP contribution in [0.1, 0.15) is 43.1 Å². The zero-order chi connectivity index (χ0) is 10.7. The van der Waals surface area contributed by atoms with E-state index in [4.69, 9.17) is 0 Å². The van der Waals surface area contributed by atoms with Crippen molar-refractivity contribution in [2.75, 3.05) is 14.1 Å². The van der Waals surface area contributed by atoms with Gasteiger partial charge in [-0.2, -0.15) is 0 Å². The van der Waals surface area contributed by atoms with Crippen LogP contribution in [0.25, 0.3) is 0 Å². The van der Waals surface area contributed by atoms with Crippen LogP contribution in [0, 0.1) is 0 Å². The molecule has 1 amide bonds. The molecule has 0 aliphatic carbocycles. The number of benzene rings is 1. The molecule has 0 saturated heterocycles. The van der Waals surface area contributed by atoms with Gasteiger partial charge in [-0.3, -0.25) is 4.79 Å². The molecule has 0 atom stereocenters. The number of amides is 1. The molecule has 1 aromatic carbocycles. The van der Waals surface area contributed by atoms with E-state index >= 15 is 0 Å². The summed E-state index contributed by atoms with van der Waals surface area (Å²) in [5.74, 6) is 0.568. The van der Waals surface area contributed by atoms with Gasteiger partial charge in [0.2, 0.25) is 0 Å². The molecule has 0 bridgehead atoms. The van der Waals surface area contributed by atoms with E-state index in [-0.39, 0.29) is 13.3 Å². The first-order chi connectivity index (χ1) is 6.52. The van der Waals surface area contributed by atoms with Crippen LogP contribution in [-0.2, 0) is 0 Å². The first-order valence-electron chi connectivity index (χ1n) is 4.84. The number of carbonyl (C=O) groups excluding carboxylic acids is 1. The lowest BCUT2D eigenvalue weighted by Gasteiger charge is -2.11. The summed E-state index contributed by atoms with van der Waals surface area (Å²) in [6.07, 6.45) is 0. The van der Waals surface area contributed by atoms with Crippen molar-refractivity contribution < 1.29 is 4.79 Å². The highest BCUT2D eigenvalue weighted by molar-refractivity contribution is 5.93. The van der Waals surface area contributed by atoms with Crippen LogP contribution in [-0.4, -0.2) is 24.9 Å². The molecular formula is C13H21NO. The minimum atomic E-state index is 0. The summed E-state index contributed by atoms with van der Waals surface area (Å²) in [5, 5.41) is 0. The quantitative estimate of drug-likeness (QED) is 0.729. The van der Waals surface area contributed by atoms with E-state index in [0.717, 1.165) is 5.56 Å². The summed E-state index contributed by atoms with van der Waals surface area (Å²) in [5.41, 5.74) is 2.01. The molecule has 84 valence electrons. The highest BCUT2D eigenvalue weighted by atomic mass is 16.2. The molecule has 1 aromatic rings. The van der Waals surface area contributed by atoms with Crippen molar-refractivity contribution in [3.63, 3.8) is 0 Å². The molecule has 0 N–H and O–H groups in total. The van der Waals surface area contributed by atoms with Crippen LogP contribution in [0.3, 0.4) is 0 Å². The largest absolute Gasteiger partial charge is 0.345 e. The third-order valence-electron chi connectivity index (χ3n) is 2.23. The zero-order valence-electron chi connectivity index (χ0n) is 9.24. The number of rotatable bonds is 2. The highest BCUT2D eigenvalue weighted by Crippen LogP contribution is 2.15. The van der Waals surface area contributed by atoms with E-state index in [0.29, 0.717) is 5.92 Å². The van der Waals surface area contributed by atoms with Crippen molar-refractivity contribution in [3.05, 3.63) is 35.4 Å². The smallest absolute Gasteiger partial charge is 0.253 e. The Hall–Kier alpha value is -1.31. The molecule has 0 radical (unpaired) electrons. The van der Waals surface area contributed by atoms with E-state index in [2.05, 4.69) is 13.8 Å². The topological polar surface area (TPSA) is 20.3 Å². The Morgan fingerprint density at radius 3 is 1.93 bits per heavy atom. The highest BCUT2D eigenvalue weighted by Gasteiger charge is 2.07. The summed E-state index contributed by atoms with van der Waals surface area (Å²) < 4.78 is 0. The van der Waals surface area contributed by atoms with E-state index in [1.807, 2.05) is 24.3 Å². The summed E-state index contributed by atoms with van der Waals surface area (Å²) in [7, 11) is 3.53. The van der Waals surface area contributed by atoms with Gasteiger partial charge in [-0.15, -0.1) is 0 Å². The van der Waals surface area contributed by atoms with Crippen LogP contribution in [0.5, 0.6) is 0 Å². The molecule has 0 aliphatic rings. The molecule has 0 aliphatic heterocycles. The molecule has 2 nitrogen and oxygen atoms in total. The molecule has 1 rings (SSSR count). The second kappa shape index (κ2) is 5.54. The molecule has 0 unspecified atom stereocenters. The third-order valence-corrected chi connectivity index (χ3v) is 2.23. The van der Waals surface area contributed by atoms with E-state index in [1.165, 1.54) is 5.56 Å². The fourth-order valence-electron chi connectivity index (χ4n) is 1.27. The Kier molecular flexibility index (Phi) is 5.06. The first kappa shape index (κ1) is 13.7. The minimum absolute atomic E-state index is 0. The van der Waals surface area contributed by atoms with Crippen molar-refractivity contribution in [1.29, 1.82) is 0 Å². The maximum atomic E-state index is 11.6. The van der Waals surface area contributed by atoms with Crippen LogP contribution in [0.2, 0.25) is 0 Å².